The zero-order valence-electron chi connectivity index (χ0n) is 12.3. The van der Waals surface area contributed by atoms with Crippen LogP contribution in [0.2, 0.25) is 0 Å². The molecule has 0 unspecified atom stereocenters. The first-order chi connectivity index (χ1) is 10.1. The second-order valence-corrected chi connectivity index (χ2v) is 4.76. The highest BCUT2D eigenvalue weighted by Crippen LogP contribution is 2.25. The van der Waals surface area contributed by atoms with Crippen molar-refractivity contribution in [3.63, 3.8) is 0 Å². The molecule has 0 spiro atoms. The van der Waals surface area contributed by atoms with E-state index in [1.165, 1.54) is 0 Å². The molecule has 2 aromatic carbocycles. The van der Waals surface area contributed by atoms with Crippen LogP contribution in [0.15, 0.2) is 48.5 Å². The summed E-state index contributed by atoms with van der Waals surface area (Å²) >= 11 is 0. The number of nitrogens with one attached hydrogen (secondary N) is 1. The normalized spacial score (nSPS) is 11.7. The maximum absolute atomic E-state index is 12.5. The molecule has 0 saturated carbocycles. The molecular weight excluding hydrogens is 264 g/mol. The Morgan fingerprint density at radius 3 is 2.57 bits per heavy atom. The average Bonchev–Trinajstić information content (AvgIpc) is 2.48. The number of carbonyl (C=O) groups excluding carboxylic acids is 1. The van der Waals surface area contributed by atoms with Gasteiger partial charge in [-0.3, -0.25) is 4.79 Å². The SMILES string of the molecule is CCOc1cccc(N)c1C(=O)N[C@H](C)c1ccccc1. The lowest BCUT2D eigenvalue weighted by atomic mass is 10.1. The monoisotopic (exact) mass is 284 g/mol. The maximum Gasteiger partial charge on any atom is 0.257 e. The van der Waals surface area contributed by atoms with E-state index in [9.17, 15) is 4.79 Å². The molecule has 0 aromatic heterocycles. The highest BCUT2D eigenvalue weighted by Gasteiger charge is 2.18. The van der Waals surface area contributed by atoms with Crippen LogP contribution in [-0.2, 0) is 0 Å². The van der Waals surface area contributed by atoms with Crippen molar-refractivity contribution in [2.45, 2.75) is 19.9 Å². The molecule has 0 aliphatic rings. The zero-order chi connectivity index (χ0) is 15.2. The van der Waals surface area contributed by atoms with Crippen LogP contribution in [0.4, 0.5) is 5.69 Å². The molecule has 0 fully saturated rings. The van der Waals surface area contributed by atoms with Crippen LogP contribution in [0.25, 0.3) is 0 Å². The number of anilines is 1. The van der Waals surface area contributed by atoms with Crippen LogP contribution in [-0.4, -0.2) is 12.5 Å². The van der Waals surface area contributed by atoms with Crippen molar-refractivity contribution in [2.24, 2.45) is 0 Å². The number of carbonyl (C=O) groups is 1. The molecule has 21 heavy (non-hydrogen) atoms. The number of amides is 1. The molecule has 4 heteroatoms. The summed E-state index contributed by atoms with van der Waals surface area (Å²) < 4.78 is 5.49. The third kappa shape index (κ3) is 3.54. The smallest absolute Gasteiger partial charge is 0.257 e. The second-order valence-electron chi connectivity index (χ2n) is 4.76. The van der Waals surface area contributed by atoms with Crippen LogP contribution in [0.3, 0.4) is 0 Å². The van der Waals surface area contributed by atoms with Gasteiger partial charge in [0.1, 0.15) is 11.3 Å². The number of rotatable bonds is 5. The Balaban J connectivity index is 2.21. The summed E-state index contributed by atoms with van der Waals surface area (Å²) in [6.07, 6.45) is 0. The van der Waals surface area contributed by atoms with Gasteiger partial charge in [0.25, 0.3) is 5.91 Å². The molecule has 0 radical (unpaired) electrons. The highest BCUT2D eigenvalue weighted by molar-refractivity contribution is 6.02. The number of hydrogen-bond acceptors (Lipinski definition) is 3. The Morgan fingerprint density at radius 2 is 1.90 bits per heavy atom. The Labute approximate surface area is 124 Å². The summed E-state index contributed by atoms with van der Waals surface area (Å²) in [6.45, 7) is 4.29. The number of nitrogens with two attached hydrogens (primary N) is 1. The van der Waals surface area contributed by atoms with Crippen molar-refractivity contribution in [3.8, 4) is 5.75 Å². The summed E-state index contributed by atoms with van der Waals surface area (Å²) in [5, 5.41) is 2.95. The Hall–Kier alpha value is -2.49. The fraction of sp³-hybridized carbons (Fsp3) is 0.235. The molecule has 0 saturated heterocycles. The molecular formula is C17H20N2O2. The summed E-state index contributed by atoms with van der Waals surface area (Å²) in [5.41, 5.74) is 7.77. The van der Waals surface area contributed by atoms with E-state index in [4.69, 9.17) is 10.5 Å². The van der Waals surface area contributed by atoms with Crippen LogP contribution >= 0.6 is 0 Å². The fourth-order valence-electron chi connectivity index (χ4n) is 2.16. The molecule has 2 rings (SSSR count). The van der Waals surface area contributed by atoms with Crippen molar-refractivity contribution >= 4 is 11.6 Å². The predicted molar refractivity (Wildman–Crippen MR) is 84.3 cm³/mol. The number of benzene rings is 2. The lowest BCUT2D eigenvalue weighted by Crippen LogP contribution is -2.28. The van der Waals surface area contributed by atoms with E-state index in [2.05, 4.69) is 5.32 Å². The minimum Gasteiger partial charge on any atom is -0.493 e. The average molecular weight is 284 g/mol. The van der Waals surface area contributed by atoms with Gasteiger partial charge in [-0.2, -0.15) is 0 Å². The summed E-state index contributed by atoms with van der Waals surface area (Å²) in [7, 11) is 0. The lowest BCUT2D eigenvalue weighted by Gasteiger charge is -2.17. The molecule has 0 aliphatic carbocycles. The van der Waals surface area contributed by atoms with Crippen molar-refractivity contribution in [2.75, 3.05) is 12.3 Å². The van der Waals surface area contributed by atoms with Gasteiger partial charge in [0.05, 0.1) is 12.6 Å². The van der Waals surface area contributed by atoms with E-state index in [0.717, 1.165) is 5.56 Å². The Kier molecular flexibility index (Phi) is 4.82. The molecule has 3 N–H and O–H groups in total. The van der Waals surface area contributed by atoms with Gasteiger partial charge in [0, 0.05) is 5.69 Å². The summed E-state index contributed by atoms with van der Waals surface area (Å²) in [4.78, 5) is 12.5. The minimum atomic E-state index is -0.229. The Morgan fingerprint density at radius 1 is 1.19 bits per heavy atom. The van der Waals surface area contributed by atoms with E-state index >= 15 is 0 Å². The van der Waals surface area contributed by atoms with Crippen LogP contribution in [0, 0.1) is 0 Å². The van der Waals surface area contributed by atoms with E-state index in [-0.39, 0.29) is 11.9 Å². The Bertz CT molecular complexity index is 611. The molecule has 0 heterocycles. The summed E-state index contributed by atoms with van der Waals surface area (Å²) in [5.74, 6) is 0.281. The molecule has 1 atom stereocenters. The molecule has 1 amide bonds. The first kappa shape index (κ1) is 14.9. The molecule has 110 valence electrons. The summed E-state index contributed by atoms with van der Waals surface area (Å²) in [6, 6.07) is 14.9. The van der Waals surface area contributed by atoms with Gasteiger partial charge in [-0.1, -0.05) is 36.4 Å². The van der Waals surface area contributed by atoms with Crippen LogP contribution in [0.5, 0.6) is 5.75 Å². The lowest BCUT2D eigenvalue weighted by molar-refractivity contribution is 0.0937. The van der Waals surface area contributed by atoms with Gasteiger partial charge >= 0.3 is 0 Å². The van der Waals surface area contributed by atoms with E-state index < -0.39 is 0 Å². The molecule has 0 bridgehead atoms. The minimum absolute atomic E-state index is 0.104. The number of ether oxygens (including phenoxy) is 1. The zero-order valence-corrected chi connectivity index (χ0v) is 12.3. The van der Waals surface area contributed by atoms with Gasteiger partial charge in [-0.25, -0.2) is 0 Å². The number of hydrogen-bond donors (Lipinski definition) is 2. The van der Waals surface area contributed by atoms with Gasteiger partial charge in [-0.15, -0.1) is 0 Å². The van der Waals surface area contributed by atoms with Gasteiger partial charge in [-0.05, 0) is 31.5 Å². The molecule has 2 aromatic rings. The highest BCUT2D eigenvalue weighted by atomic mass is 16.5. The predicted octanol–water partition coefficient (Wildman–Crippen LogP) is 3.16. The van der Waals surface area contributed by atoms with E-state index in [1.54, 1.807) is 18.2 Å². The van der Waals surface area contributed by atoms with Crippen molar-refractivity contribution in [1.29, 1.82) is 0 Å². The largest absolute Gasteiger partial charge is 0.493 e. The third-order valence-corrected chi connectivity index (χ3v) is 3.23. The second kappa shape index (κ2) is 6.79. The first-order valence-electron chi connectivity index (χ1n) is 7.00. The van der Waals surface area contributed by atoms with Crippen LogP contribution < -0.4 is 15.8 Å². The van der Waals surface area contributed by atoms with Gasteiger partial charge in [0.2, 0.25) is 0 Å². The molecule has 0 aliphatic heterocycles. The van der Waals surface area contributed by atoms with Crippen molar-refractivity contribution < 1.29 is 9.53 Å². The van der Waals surface area contributed by atoms with Gasteiger partial charge < -0.3 is 15.8 Å². The van der Waals surface area contributed by atoms with Crippen molar-refractivity contribution in [1.82, 2.24) is 5.32 Å². The standard InChI is InChI=1S/C17H20N2O2/c1-3-21-15-11-7-10-14(18)16(15)17(20)19-12(2)13-8-5-4-6-9-13/h4-12H,3,18H2,1-2H3,(H,19,20)/t12-/m1/s1. The van der Waals surface area contributed by atoms with Gasteiger partial charge in [0.15, 0.2) is 0 Å². The quantitative estimate of drug-likeness (QED) is 0.829. The van der Waals surface area contributed by atoms with E-state index in [0.29, 0.717) is 23.6 Å². The van der Waals surface area contributed by atoms with E-state index in [1.807, 2.05) is 44.2 Å². The fourth-order valence-corrected chi connectivity index (χ4v) is 2.16. The topological polar surface area (TPSA) is 64.3 Å². The molecule has 4 nitrogen and oxygen atoms in total. The third-order valence-electron chi connectivity index (χ3n) is 3.23. The van der Waals surface area contributed by atoms with Crippen molar-refractivity contribution in [3.05, 3.63) is 59.7 Å². The maximum atomic E-state index is 12.5. The first-order valence-corrected chi connectivity index (χ1v) is 7.00. The van der Waals surface area contributed by atoms with Crippen LogP contribution in [0.1, 0.15) is 35.8 Å². The number of nitrogen functional groups attached to an aromatic ring is 1.